The minimum absolute atomic E-state index is 0.0675. The van der Waals surface area contributed by atoms with Crippen LogP contribution in [0.1, 0.15) is 29.6 Å². The van der Waals surface area contributed by atoms with Gasteiger partial charge in [-0.3, -0.25) is 9.10 Å². The molecule has 0 atom stereocenters. The minimum atomic E-state index is -4.24. The van der Waals surface area contributed by atoms with Crippen LogP contribution in [0.2, 0.25) is 5.02 Å². The van der Waals surface area contributed by atoms with E-state index in [1.54, 1.807) is 4.90 Å². The Morgan fingerprint density at radius 2 is 1.79 bits per heavy atom. The molecule has 3 rings (SSSR count). The Hall–Kier alpha value is -2.91. The minimum Gasteiger partial charge on any atom is -0.452 e. The fourth-order valence-electron chi connectivity index (χ4n) is 3.46. The molecule has 1 fully saturated rings. The molecule has 33 heavy (non-hydrogen) atoms. The number of hydrogen-bond acceptors (Lipinski definition) is 5. The molecule has 1 aliphatic rings. The van der Waals surface area contributed by atoms with Crippen molar-refractivity contribution in [3.05, 3.63) is 71.5 Å². The van der Waals surface area contributed by atoms with Crippen LogP contribution < -0.4 is 4.31 Å². The first-order valence-electron chi connectivity index (χ1n) is 10.4. The predicted molar refractivity (Wildman–Crippen MR) is 123 cm³/mol. The molecule has 2 aromatic rings. The molecule has 1 heterocycles. The highest BCUT2D eigenvalue weighted by Crippen LogP contribution is 2.30. The number of amides is 1. The molecule has 0 saturated carbocycles. The summed E-state index contributed by atoms with van der Waals surface area (Å²) in [7, 11) is -4.24. The molecular weight excluding hydrogens is 471 g/mol. The lowest BCUT2D eigenvalue weighted by Crippen LogP contribution is -2.38. The lowest BCUT2D eigenvalue weighted by atomic mass is 10.1. The van der Waals surface area contributed by atoms with Gasteiger partial charge in [0.2, 0.25) is 0 Å². The summed E-state index contributed by atoms with van der Waals surface area (Å²) in [6.07, 6.45) is 4.26. The fourth-order valence-corrected chi connectivity index (χ4v) is 5.40. The highest BCUT2D eigenvalue weighted by Gasteiger charge is 2.28. The summed E-state index contributed by atoms with van der Waals surface area (Å²) in [6, 6.07) is 8.60. The van der Waals surface area contributed by atoms with Gasteiger partial charge in [0.15, 0.2) is 6.61 Å². The van der Waals surface area contributed by atoms with E-state index in [0.717, 1.165) is 41.8 Å². The molecule has 1 aliphatic heterocycles. The zero-order valence-electron chi connectivity index (χ0n) is 17.9. The maximum Gasteiger partial charge on any atom is 0.338 e. The average Bonchev–Trinajstić information content (AvgIpc) is 2.82. The topological polar surface area (TPSA) is 84.0 Å². The summed E-state index contributed by atoms with van der Waals surface area (Å²) < 4.78 is 46.2. The molecule has 7 nitrogen and oxygen atoms in total. The van der Waals surface area contributed by atoms with Crippen molar-refractivity contribution in [2.24, 2.45) is 0 Å². The lowest BCUT2D eigenvalue weighted by Gasteiger charge is -2.26. The molecule has 1 amide bonds. The van der Waals surface area contributed by atoms with E-state index in [2.05, 4.69) is 6.58 Å². The van der Waals surface area contributed by atoms with Crippen molar-refractivity contribution in [2.75, 3.05) is 30.5 Å². The normalized spacial score (nSPS) is 13.9. The molecule has 2 aromatic carbocycles. The molecule has 10 heteroatoms. The van der Waals surface area contributed by atoms with Gasteiger partial charge in [-0.1, -0.05) is 17.7 Å². The van der Waals surface area contributed by atoms with Crippen molar-refractivity contribution in [1.29, 1.82) is 0 Å². The van der Waals surface area contributed by atoms with Crippen LogP contribution in [0.3, 0.4) is 0 Å². The number of hydrogen-bond donors (Lipinski definition) is 0. The third-order valence-corrected chi connectivity index (χ3v) is 7.46. The maximum atomic E-state index is 13.4. The number of halogens is 2. The lowest BCUT2D eigenvalue weighted by molar-refractivity contribution is -0.135. The van der Waals surface area contributed by atoms with E-state index in [1.807, 2.05) is 0 Å². The first-order valence-corrected chi connectivity index (χ1v) is 12.2. The summed E-state index contributed by atoms with van der Waals surface area (Å²) >= 11 is 6.17. The van der Waals surface area contributed by atoms with Gasteiger partial charge in [0.25, 0.3) is 15.9 Å². The van der Waals surface area contributed by atoms with E-state index in [-0.39, 0.29) is 33.6 Å². The molecular formula is C23H24ClFN2O5S. The van der Waals surface area contributed by atoms with Crippen LogP contribution in [0.25, 0.3) is 0 Å². The van der Waals surface area contributed by atoms with Gasteiger partial charge in [-0.25, -0.2) is 17.6 Å². The van der Waals surface area contributed by atoms with Crippen LogP contribution in [0.5, 0.6) is 0 Å². The Kier molecular flexibility index (Phi) is 8.10. The molecule has 0 bridgehead atoms. The fraction of sp³-hybridized carbons (Fsp3) is 0.304. The number of ether oxygens (including phenoxy) is 1. The van der Waals surface area contributed by atoms with Crippen molar-refractivity contribution in [2.45, 2.75) is 24.2 Å². The largest absolute Gasteiger partial charge is 0.452 e. The number of sulfonamides is 1. The van der Waals surface area contributed by atoms with E-state index >= 15 is 0 Å². The highest BCUT2D eigenvalue weighted by atomic mass is 35.5. The second kappa shape index (κ2) is 10.8. The first-order chi connectivity index (χ1) is 15.7. The number of rotatable bonds is 8. The Bertz CT molecular complexity index is 1130. The van der Waals surface area contributed by atoms with Crippen LogP contribution in [0.4, 0.5) is 10.1 Å². The summed E-state index contributed by atoms with van der Waals surface area (Å²) in [6.45, 7) is 4.29. The van der Waals surface area contributed by atoms with Gasteiger partial charge in [0.1, 0.15) is 10.7 Å². The summed E-state index contributed by atoms with van der Waals surface area (Å²) in [5.74, 6) is -1.65. The Morgan fingerprint density at radius 1 is 1.12 bits per heavy atom. The van der Waals surface area contributed by atoms with Crippen molar-refractivity contribution >= 4 is 39.2 Å². The van der Waals surface area contributed by atoms with Crippen LogP contribution in [-0.2, 0) is 19.6 Å². The molecule has 0 radical (unpaired) electrons. The Morgan fingerprint density at radius 3 is 2.42 bits per heavy atom. The number of benzene rings is 2. The second-order valence-corrected chi connectivity index (χ2v) is 9.70. The molecule has 0 N–H and O–H groups in total. The SMILES string of the molecule is C=CCN(c1ccc(F)cc1)S(=O)(=O)c1cc(C(=O)OCC(=O)N2CCCCC2)ccc1Cl. The first kappa shape index (κ1) is 24.7. The number of nitrogens with zero attached hydrogens (tertiary/aromatic N) is 2. The van der Waals surface area contributed by atoms with Crippen LogP contribution in [0.15, 0.2) is 60.0 Å². The number of esters is 1. The van der Waals surface area contributed by atoms with Crippen LogP contribution in [0, 0.1) is 5.82 Å². The number of piperidine rings is 1. The maximum absolute atomic E-state index is 13.4. The number of carbonyl (C=O) groups is 2. The van der Waals surface area contributed by atoms with E-state index in [4.69, 9.17) is 16.3 Å². The third-order valence-electron chi connectivity index (χ3n) is 5.18. The van der Waals surface area contributed by atoms with Crippen molar-refractivity contribution in [3.8, 4) is 0 Å². The number of anilines is 1. The molecule has 0 aliphatic carbocycles. The van der Waals surface area contributed by atoms with Gasteiger partial charge in [-0.2, -0.15) is 0 Å². The van der Waals surface area contributed by atoms with Crippen LogP contribution in [-0.4, -0.2) is 51.4 Å². The molecule has 0 aromatic heterocycles. The molecule has 176 valence electrons. The van der Waals surface area contributed by atoms with Crippen molar-refractivity contribution in [1.82, 2.24) is 4.90 Å². The second-order valence-electron chi connectivity index (χ2n) is 7.46. The van der Waals surface area contributed by atoms with Gasteiger partial charge in [0.05, 0.1) is 22.8 Å². The van der Waals surface area contributed by atoms with E-state index in [9.17, 15) is 22.4 Å². The van der Waals surface area contributed by atoms with Gasteiger partial charge >= 0.3 is 5.97 Å². The Balaban J connectivity index is 1.82. The van der Waals surface area contributed by atoms with Gasteiger partial charge in [0, 0.05) is 13.1 Å². The summed E-state index contributed by atoms with van der Waals surface area (Å²) in [5, 5.41) is -0.105. The number of likely N-dealkylation sites (tertiary alicyclic amines) is 1. The van der Waals surface area contributed by atoms with E-state index in [1.165, 1.54) is 30.3 Å². The van der Waals surface area contributed by atoms with E-state index in [0.29, 0.717) is 13.1 Å². The van der Waals surface area contributed by atoms with Crippen molar-refractivity contribution in [3.63, 3.8) is 0 Å². The van der Waals surface area contributed by atoms with Crippen LogP contribution >= 0.6 is 11.6 Å². The summed E-state index contributed by atoms with van der Waals surface area (Å²) in [4.78, 5) is 26.1. The molecule has 0 spiro atoms. The summed E-state index contributed by atoms with van der Waals surface area (Å²) in [5.41, 5.74) is 0.134. The van der Waals surface area contributed by atoms with Gasteiger partial charge in [-0.15, -0.1) is 6.58 Å². The third kappa shape index (κ3) is 5.91. The van der Waals surface area contributed by atoms with Gasteiger partial charge < -0.3 is 9.64 Å². The quantitative estimate of drug-likeness (QED) is 0.408. The zero-order chi connectivity index (χ0) is 24.0. The van der Waals surface area contributed by atoms with E-state index < -0.39 is 28.4 Å². The average molecular weight is 495 g/mol. The monoisotopic (exact) mass is 494 g/mol. The molecule has 1 saturated heterocycles. The Labute approximate surface area is 197 Å². The van der Waals surface area contributed by atoms with Gasteiger partial charge in [-0.05, 0) is 61.7 Å². The standard InChI is InChI=1S/C23H24ClFN2O5S/c1-2-12-27(19-9-7-18(25)8-10-19)33(30,31)21-15-17(6-11-20(21)24)23(29)32-16-22(28)26-13-4-3-5-14-26/h2,6-11,15H,1,3-5,12-14,16H2. The predicted octanol–water partition coefficient (Wildman–Crippen LogP) is 4.03. The zero-order valence-corrected chi connectivity index (χ0v) is 19.4. The smallest absolute Gasteiger partial charge is 0.338 e. The van der Waals surface area contributed by atoms with Crippen molar-refractivity contribution < 1.29 is 27.1 Å². The molecule has 0 unspecified atom stereocenters. The number of carbonyl (C=O) groups excluding carboxylic acids is 2. The highest BCUT2D eigenvalue weighted by molar-refractivity contribution is 7.93.